The molecule has 2 fully saturated rings. The fraction of sp³-hybridized carbons (Fsp3) is 0.562. The summed E-state index contributed by atoms with van der Waals surface area (Å²) in [4.78, 5) is 15.0. The predicted molar refractivity (Wildman–Crippen MR) is 85.6 cm³/mol. The van der Waals surface area contributed by atoms with Gasteiger partial charge in [-0.3, -0.25) is 0 Å². The van der Waals surface area contributed by atoms with Gasteiger partial charge in [-0.25, -0.2) is 9.18 Å². The summed E-state index contributed by atoms with van der Waals surface area (Å²) >= 11 is 0. The Labute approximate surface area is 130 Å². The van der Waals surface area contributed by atoms with Crippen molar-refractivity contribution in [2.24, 2.45) is 5.73 Å². The predicted octanol–water partition coefficient (Wildman–Crippen LogP) is 2.38. The van der Waals surface area contributed by atoms with E-state index < -0.39 is 0 Å². The molecule has 22 heavy (non-hydrogen) atoms. The number of nitrogens with zero attached hydrogens (tertiary/aromatic N) is 2. The highest BCUT2D eigenvalue weighted by Crippen LogP contribution is 2.26. The van der Waals surface area contributed by atoms with E-state index in [0.717, 1.165) is 37.3 Å². The fourth-order valence-corrected chi connectivity index (χ4v) is 3.30. The van der Waals surface area contributed by atoms with Gasteiger partial charge >= 0.3 is 6.03 Å². The van der Waals surface area contributed by atoms with E-state index in [0.29, 0.717) is 13.1 Å². The lowest BCUT2D eigenvalue weighted by Gasteiger charge is -2.32. The summed E-state index contributed by atoms with van der Waals surface area (Å²) in [6.07, 6.45) is 4.01. The Hall–Kier alpha value is -1.98. The Kier molecular flexibility index (Phi) is 4.36. The molecule has 0 bridgehead atoms. The van der Waals surface area contributed by atoms with Gasteiger partial charge in [-0.05, 0) is 43.9 Å². The zero-order valence-electron chi connectivity index (χ0n) is 12.7. The van der Waals surface area contributed by atoms with Gasteiger partial charge in [0.2, 0.25) is 0 Å². The van der Waals surface area contributed by atoms with Crippen LogP contribution in [0.15, 0.2) is 18.2 Å². The molecule has 2 aliphatic heterocycles. The number of hydrogen-bond donors (Lipinski definition) is 2. The minimum absolute atomic E-state index is 0.207. The fourth-order valence-electron chi connectivity index (χ4n) is 3.30. The molecule has 0 atom stereocenters. The number of carbonyl (C=O) groups excluding carboxylic acids is 1. The average Bonchev–Trinajstić information content (AvgIpc) is 3.01. The number of amides is 2. The quantitative estimate of drug-likeness (QED) is 0.901. The van der Waals surface area contributed by atoms with Crippen LogP contribution < -0.4 is 16.0 Å². The molecular formula is C16H23FN4O. The van der Waals surface area contributed by atoms with E-state index >= 15 is 0 Å². The van der Waals surface area contributed by atoms with Gasteiger partial charge in [-0.2, -0.15) is 0 Å². The monoisotopic (exact) mass is 306 g/mol. The Morgan fingerprint density at radius 3 is 2.45 bits per heavy atom. The molecule has 120 valence electrons. The van der Waals surface area contributed by atoms with Crippen molar-refractivity contribution in [1.82, 2.24) is 4.90 Å². The first kappa shape index (κ1) is 14.9. The van der Waals surface area contributed by atoms with Crippen LogP contribution in [0.5, 0.6) is 0 Å². The molecule has 2 heterocycles. The Bertz CT molecular complexity index is 537. The first-order chi connectivity index (χ1) is 10.6. The number of nitrogens with two attached hydrogens (primary N) is 1. The number of urea groups is 1. The lowest BCUT2D eigenvalue weighted by Crippen LogP contribution is -2.44. The SMILES string of the molecule is NC(=O)N1CCC(Nc2cc(F)cc(N3CCCC3)c2)CC1. The Morgan fingerprint density at radius 1 is 1.14 bits per heavy atom. The molecule has 3 rings (SSSR count). The average molecular weight is 306 g/mol. The number of anilines is 2. The van der Waals surface area contributed by atoms with Crippen molar-refractivity contribution < 1.29 is 9.18 Å². The van der Waals surface area contributed by atoms with Crippen molar-refractivity contribution in [3.8, 4) is 0 Å². The summed E-state index contributed by atoms with van der Waals surface area (Å²) in [6, 6.07) is 5.06. The second kappa shape index (κ2) is 6.42. The summed E-state index contributed by atoms with van der Waals surface area (Å²) in [6.45, 7) is 3.31. The van der Waals surface area contributed by atoms with E-state index in [4.69, 9.17) is 5.73 Å². The standard InChI is InChI=1S/C16H23FN4O/c17-12-9-14(11-15(10-12)20-5-1-2-6-20)19-13-3-7-21(8-4-13)16(18)22/h9-11,13,19H,1-8H2,(H2,18,22). The third-order valence-corrected chi connectivity index (χ3v) is 4.53. The number of piperidine rings is 1. The molecule has 2 saturated heterocycles. The molecule has 0 aliphatic carbocycles. The van der Waals surface area contributed by atoms with E-state index in [1.807, 2.05) is 6.07 Å². The number of benzene rings is 1. The first-order valence-electron chi connectivity index (χ1n) is 7.98. The molecule has 6 heteroatoms. The normalized spacial score (nSPS) is 19.5. The minimum Gasteiger partial charge on any atom is -0.382 e. The number of halogens is 1. The summed E-state index contributed by atoms with van der Waals surface area (Å²) in [7, 11) is 0. The smallest absolute Gasteiger partial charge is 0.314 e. The van der Waals surface area contributed by atoms with Gasteiger partial charge < -0.3 is 20.9 Å². The highest BCUT2D eigenvalue weighted by molar-refractivity contribution is 5.72. The zero-order chi connectivity index (χ0) is 15.5. The maximum absolute atomic E-state index is 13.9. The van der Waals surface area contributed by atoms with Crippen LogP contribution in [0.2, 0.25) is 0 Å². The summed E-state index contributed by atoms with van der Waals surface area (Å²) in [5, 5.41) is 3.40. The second-order valence-corrected chi connectivity index (χ2v) is 6.14. The summed E-state index contributed by atoms with van der Waals surface area (Å²) in [5.74, 6) is -0.207. The minimum atomic E-state index is -0.361. The van der Waals surface area contributed by atoms with Crippen molar-refractivity contribution in [3.63, 3.8) is 0 Å². The van der Waals surface area contributed by atoms with Crippen LogP contribution in [0.25, 0.3) is 0 Å². The number of likely N-dealkylation sites (tertiary alicyclic amines) is 1. The van der Waals surface area contributed by atoms with Gasteiger partial charge in [-0.15, -0.1) is 0 Å². The molecule has 1 aromatic rings. The summed E-state index contributed by atoms with van der Waals surface area (Å²) in [5.41, 5.74) is 7.06. The van der Waals surface area contributed by atoms with Crippen LogP contribution in [-0.2, 0) is 0 Å². The molecule has 0 aromatic heterocycles. The lowest BCUT2D eigenvalue weighted by atomic mass is 10.0. The third kappa shape index (κ3) is 3.43. The van der Waals surface area contributed by atoms with Gasteiger partial charge in [0.1, 0.15) is 5.82 Å². The Balaban J connectivity index is 1.64. The van der Waals surface area contributed by atoms with Gasteiger partial charge in [0.25, 0.3) is 0 Å². The van der Waals surface area contributed by atoms with Crippen molar-refractivity contribution >= 4 is 17.4 Å². The molecule has 0 spiro atoms. The second-order valence-electron chi connectivity index (χ2n) is 6.14. The molecule has 3 N–H and O–H groups in total. The molecule has 5 nitrogen and oxygen atoms in total. The van der Waals surface area contributed by atoms with E-state index in [1.165, 1.54) is 12.8 Å². The molecule has 2 aliphatic rings. The van der Waals surface area contributed by atoms with Gasteiger partial charge in [0.05, 0.1) is 0 Å². The van der Waals surface area contributed by atoms with Crippen molar-refractivity contribution in [2.75, 3.05) is 36.4 Å². The number of primary amides is 1. The zero-order valence-corrected chi connectivity index (χ0v) is 12.7. The van der Waals surface area contributed by atoms with E-state index in [-0.39, 0.29) is 17.9 Å². The lowest BCUT2D eigenvalue weighted by molar-refractivity contribution is 0.193. The number of rotatable bonds is 3. The van der Waals surface area contributed by atoms with Crippen molar-refractivity contribution in [3.05, 3.63) is 24.0 Å². The van der Waals surface area contributed by atoms with Crippen LogP contribution >= 0.6 is 0 Å². The molecular weight excluding hydrogens is 283 g/mol. The van der Waals surface area contributed by atoms with E-state index in [9.17, 15) is 9.18 Å². The molecule has 1 aromatic carbocycles. The maximum Gasteiger partial charge on any atom is 0.314 e. The number of nitrogens with one attached hydrogen (secondary N) is 1. The van der Waals surface area contributed by atoms with E-state index in [1.54, 1.807) is 17.0 Å². The molecule has 0 unspecified atom stereocenters. The third-order valence-electron chi connectivity index (χ3n) is 4.53. The largest absolute Gasteiger partial charge is 0.382 e. The van der Waals surface area contributed by atoms with Gasteiger partial charge in [0.15, 0.2) is 0 Å². The van der Waals surface area contributed by atoms with Crippen LogP contribution in [0.4, 0.5) is 20.6 Å². The van der Waals surface area contributed by atoms with Crippen molar-refractivity contribution in [2.45, 2.75) is 31.7 Å². The topological polar surface area (TPSA) is 61.6 Å². The van der Waals surface area contributed by atoms with Gasteiger partial charge in [0, 0.05) is 43.6 Å². The van der Waals surface area contributed by atoms with Gasteiger partial charge in [-0.1, -0.05) is 0 Å². The first-order valence-corrected chi connectivity index (χ1v) is 7.98. The summed E-state index contributed by atoms with van der Waals surface area (Å²) < 4.78 is 13.9. The van der Waals surface area contributed by atoms with Crippen LogP contribution in [0.1, 0.15) is 25.7 Å². The Morgan fingerprint density at radius 2 is 1.82 bits per heavy atom. The highest BCUT2D eigenvalue weighted by atomic mass is 19.1. The maximum atomic E-state index is 13.9. The van der Waals surface area contributed by atoms with Crippen LogP contribution in [0, 0.1) is 5.82 Å². The molecule has 0 radical (unpaired) electrons. The molecule has 2 amide bonds. The van der Waals surface area contributed by atoms with Crippen LogP contribution in [-0.4, -0.2) is 43.2 Å². The number of carbonyl (C=O) groups is 1. The van der Waals surface area contributed by atoms with Crippen LogP contribution in [0.3, 0.4) is 0 Å². The van der Waals surface area contributed by atoms with Crippen molar-refractivity contribution in [1.29, 1.82) is 0 Å². The molecule has 0 saturated carbocycles. The van der Waals surface area contributed by atoms with E-state index in [2.05, 4.69) is 10.2 Å². The highest BCUT2D eigenvalue weighted by Gasteiger charge is 2.21. The number of hydrogen-bond acceptors (Lipinski definition) is 3.